The average Bonchev–Trinajstić information content (AvgIpc) is 2.57. The molecule has 0 aliphatic rings. The summed E-state index contributed by atoms with van der Waals surface area (Å²) in [7, 11) is 1.79. The fraction of sp³-hybridized carbons (Fsp3) is 0.545. The molecule has 1 aromatic rings. The van der Waals surface area contributed by atoms with Crippen molar-refractivity contribution in [3.63, 3.8) is 0 Å². The first kappa shape index (κ1) is 15.1. The summed E-state index contributed by atoms with van der Waals surface area (Å²) in [4.78, 5) is 14.4. The van der Waals surface area contributed by atoms with E-state index in [1.165, 1.54) is 11.3 Å². The van der Waals surface area contributed by atoms with E-state index in [9.17, 15) is 4.79 Å². The van der Waals surface area contributed by atoms with Crippen LogP contribution < -0.4 is 0 Å². The maximum absolute atomic E-state index is 12.0. The van der Waals surface area contributed by atoms with E-state index in [0.717, 1.165) is 13.1 Å². The van der Waals surface area contributed by atoms with E-state index in [1.807, 2.05) is 19.9 Å². The van der Waals surface area contributed by atoms with Gasteiger partial charge in [0.05, 0.1) is 21.4 Å². The molecule has 0 saturated carbocycles. The second-order valence-electron chi connectivity index (χ2n) is 3.88. The largest absolute Gasteiger partial charge is 0.377 e. The third-order valence-electron chi connectivity index (χ3n) is 2.08. The molecular weight excluding hydrogens is 370 g/mol. The highest BCUT2D eigenvalue weighted by Gasteiger charge is 2.15. The summed E-state index contributed by atoms with van der Waals surface area (Å²) in [5, 5.41) is 0. The van der Waals surface area contributed by atoms with Crippen molar-refractivity contribution < 1.29 is 9.53 Å². The monoisotopic (exact) mass is 383 g/mol. The molecular formula is C11H15Br2NO2S. The molecule has 0 N–H and O–H groups in total. The number of hydrogen-bond acceptors (Lipinski definition) is 3. The summed E-state index contributed by atoms with van der Waals surface area (Å²) in [6.45, 7) is 5.13. The summed E-state index contributed by atoms with van der Waals surface area (Å²) in [6, 6.07) is 1.83. The number of carbonyl (C=O) groups is 1. The van der Waals surface area contributed by atoms with Crippen molar-refractivity contribution >= 4 is 49.1 Å². The molecule has 1 aromatic heterocycles. The minimum absolute atomic E-state index is 0.0220. The number of halogens is 2. The summed E-state index contributed by atoms with van der Waals surface area (Å²) >= 11 is 8.18. The fourth-order valence-electron chi connectivity index (χ4n) is 1.17. The lowest BCUT2D eigenvalue weighted by Gasteiger charge is -2.17. The Morgan fingerprint density at radius 1 is 1.53 bits per heavy atom. The van der Waals surface area contributed by atoms with Gasteiger partial charge >= 0.3 is 0 Å². The average molecular weight is 385 g/mol. The molecule has 0 bridgehead atoms. The first-order valence-electron chi connectivity index (χ1n) is 5.23. The van der Waals surface area contributed by atoms with Crippen molar-refractivity contribution in [1.29, 1.82) is 0 Å². The molecule has 0 atom stereocenters. The van der Waals surface area contributed by atoms with Crippen molar-refractivity contribution in [1.82, 2.24) is 4.90 Å². The lowest BCUT2D eigenvalue weighted by atomic mass is 10.4. The molecule has 1 amide bonds. The topological polar surface area (TPSA) is 29.5 Å². The van der Waals surface area contributed by atoms with Crippen LogP contribution in [0.2, 0.25) is 0 Å². The number of nitrogens with zero attached hydrogens (tertiary/aromatic N) is 1. The lowest BCUT2D eigenvalue weighted by Crippen LogP contribution is -2.30. The van der Waals surface area contributed by atoms with E-state index in [-0.39, 0.29) is 12.0 Å². The molecule has 0 saturated heterocycles. The molecule has 96 valence electrons. The molecule has 0 aliphatic carbocycles. The van der Waals surface area contributed by atoms with Gasteiger partial charge in [-0.15, -0.1) is 11.3 Å². The molecule has 1 heterocycles. The first-order chi connectivity index (χ1) is 7.91. The lowest BCUT2D eigenvalue weighted by molar-refractivity contribution is 0.0534. The molecule has 0 fully saturated rings. The molecule has 6 heteroatoms. The van der Waals surface area contributed by atoms with Gasteiger partial charge in [-0.1, -0.05) is 0 Å². The molecule has 0 aromatic carbocycles. The Morgan fingerprint density at radius 3 is 2.65 bits per heavy atom. The van der Waals surface area contributed by atoms with Crippen LogP contribution in [0.25, 0.3) is 0 Å². The predicted molar refractivity (Wildman–Crippen MR) is 77.8 cm³/mol. The van der Waals surface area contributed by atoms with Crippen LogP contribution in [0.4, 0.5) is 0 Å². The van der Waals surface area contributed by atoms with Crippen molar-refractivity contribution in [3.8, 4) is 0 Å². The van der Waals surface area contributed by atoms with Crippen LogP contribution >= 0.6 is 43.2 Å². The minimum atomic E-state index is 0.0220. The molecule has 17 heavy (non-hydrogen) atoms. The maximum Gasteiger partial charge on any atom is 0.263 e. The van der Waals surface area contributed by atoms with Crippen LogP contribution in [0.15, 0.2) is 14.3 Å². The maximum atomic E-state index is 12.0. The number of hydrogen-bond donors (Lipinski definition) is 0. The number of carbonyl (C=O) groups excluding carboxylic acids is 1. The Hall–Kier alpha value is 0.0900. The third-order valence-corrected chi connectivity index (χ3v) is 5.32. The summed E-state index contributed by atoms with van der Waals surface area (Å²) in [5.74, 6) is 0.0220. The molecule has 3 nitrogen and oxygen atoms in total. The van der Waals surface area contributed by atoms with Crippen molar-refractivity contribution in [2.24, 2.45) is 0 Å². The van der Waals surface area contributed by atoms with Crippen molar-refractivity contribution in [2.75, 3.05) is 20.2 Å². The van der Waals surface area contributed by atoms with Crippen molar-refractivity contribution in [3.05, 3.63) is 19.2 Å². The second kappa shape index (κ2) is 6.87. The fourth-order valence-corrected chi connectivity index (χ4v) is 3.20. The highest BCUT2D eigenvalue weighted by molar-refractivity contribution is 9.13. The van der Waals surface area contributed by atoms with Crippen LogP contribution in [0.5, 0.6) is 0 Å². The molecule has 0 radical (unpaired) electrons. The summed E-state index contributed by atoms with van der Waals surface area (Å²) in [6.07, 6.45) is 0.198. The number of thiophene rings is 1. The Morgan fingerprint density at radius 2 is 2.18 bits per heavy atom. The van der Waals surface area contributed by atoms with Gasteiger partial charge in [-0.3, -0.25) is 4.79 Å². The van der Waals surface area contributed by atoms with Crippen LogP contribution in [0, 0.1) is 0 Å². The number of ether oxygens (including phenoxy) is 1. The van der Waals surface area contributed by atoms with Crippen LogP contribution in [-0.2, 0) is 4.74 Å². The predicted octanol–water partition coefficient (Wildman–Crippen LogP) is 3.77. The molecule has 0 aliphatic heterocycles. The van der Waals surface area contributed by atoms with Gasteiger partial charge in [0, 0.05) is 18.1 Å². The van der Waals surface area contributed by atoms with E-state index < -0.39 is 0 Å². The number of likely N-dealkylation sites (N-methyl/N-ethyl adjacent to an activating group) is 1. The summed E-state index contributed by atoms with van der Waals surface area (Å²) < 4.78 is 7.27. The van der Waals surface area contributed by atoms with Crippen LogP contribution in [-0.4, -0.2) is 37.1 Å². The summed E-state index contributed by atoms with van der Waals surface area (Å²) in [5.41, 5.74) is 0. The SMILES string of the molecule is CC(C)OCCN(C)C(=O)c1cc(Br)c(Br)s1. The number of rotatable bonds is 5. The Labute approximate surface area is 122 Å². The Balaban J connectivity index is 2.52. The zero-order valence-electron chi connectivity index (χ0n) is 10.00. The van der Waals surface area contributed by atoms with E-state index in [1.54, 1.807) is 11.9 Å². The normalized spacial score (nSPS) is 10.9. The molecule has 1 rings (SSSR count). The van der Waals surface area contributed by atoms with Gasteiger partial charge < -0.3 is 9.64 Å². The van der Waals surface area contributed by atoms with E-state index in [4.69, 9.17) is 4.74 Å². The quantitative estimate of drug-likeness (QED) is 0.773. The minimum Gasteiger partial charge on any atom is -0.377 e. The number of amides is 1. The van der Waals surface area contributed by atoms with E-state index in [2.05, 4.69) is 31.9 Å². The van der Waals surface area contributed by atoms with Crippen LogP contribution in [0.1, 0.15) is 23.5 Å². The van der Waals surface area contributed by atoms with Gasteiger partial charge in [0.2, 0.25) is 0 Å². The Bertz CT molecular complexity index is 373. The van der Waals surface area contributed by atoms with E-state index >= 15 is 0 Å². The van der Waals surface area contributed by atoms with Gasteiger partial charge in [-0.05, 0) is 51.8 Å². The second-order valence-corrected chi connectivity index (χ2v) is 7.10. The van der Waals surface area contributed by atoms with Gasteiger partial charge in [0.1, 0.15) is 0 Å². The zero-order chi connectivity index (χ0) is 13.0. The smallest absolute Gasteiger partial charge is 0.263 e. The van der Waals surface area contributed by atoms with Gasteiger partial charge in [-0.25, -0.2) is 0 Å². The molecule has 0 unspecified atom stereocenters. The highest BCUT2D eigenvalue weighted by Crippen LogP contribution is 2.32. The third kappa shape index (κ3) is 4.69. The van der Waals surface area contributed by atoms with Crippen LogP contribution in [0.3, 0.4) is 0 Å². The zero-order valence-corrected chi connectivity index (χ0v) is 14.0. The standard InChI is InChI=1S/C11H15Br2NO2S/c1-7(2)16-5-4-14(3)11(15)9-6-8(12)10(13)17-9/h6-7H,4-5H2,1-3H3. The van der Waals surface area contributed by atoms with E-state index in [0.29, 0.717) is 13.2 Å². The molecule has 0 spiro atoms. The highest BCUT2D eigenvalue weighted by atomic mass is 79.9. The first-order valence-corrected chi connectivity index (χ1v) is 7.64. The van der Waals surface area contributed by atoms with Crippen molar-refractivity contribution in [2.45, 2.75) is 20.0 Å². The Kier molecular flexibility index (Phi) is 6.12. The van der Waals surface area contributed by atoms with Gasteiger partial charge in [-0.2, -0.15) is 0 Å². The van der Waals surface area contributed by atoms with Gasteiger partial charge in [0.15, 0.2) is 0 Å². The van der Waals surface area contributed by atoms with Gasteiger partial charge in [0.25, 0.3) is 5.91 Å².